The molecule has 0 aromatic carbocycles. The standard InChI is InChI=1S/C70H136O17P2/c1-9-62(7)48-40-32-24-18-15-16-19-25-34-42-50-67(72)80-56-65(86-69(74)52-44-36-26-20-14-12-11-13-17-22-30-38-46-60(3)4)58-84-88(76,77)82-54-64(71)55-83-89(78,79)85-59-66(87-70(75)53-45-37-29-28-33-41-49-63(8)10-2)57-81-68(73)51-43-35-27-21-23-31-39-47-61(5)6/h60-66,71H,9-59H2,1-8H3,(H,76,77)(H,78,79)/t62?,63?,64?,65-,66-/m1/s1. The zero-order valence-electron chi connectivity index (χ0n) is 58.1. The van der Waals surface area contributed by atoms with Gasteiger partial charge in [-0.25, -0.2) is 9.13 Å². The number of esters is 4. The third kappa shape index (κ3) is 62.0. The fourth-order valence-electron chi connectivity index (χ4n) is 10.4. The topological polar surface area (TPSA) is 237 Å². The van der Waals surface area contributed by atoms with E-state index in [4.69, 9.17) is 37.0 Å². The van der Waals surface area contributed by atoms with E-state index in [1.807, 2.05) is 0 Å². The monoisotopic (exact) mass is 1310 g/mol. The number of rotatable bonds is 67. The number of carbonyl (C=O) groups is 4. The summed E-state index contributed by atoms with van der Waals surface area (Å²) in [5.74, 6) is 0.879. The van der Waals surface area contributed by atoms with Crippen molar-refractivity contribution < 1.29 is 80.2 Å². The quantitative estimate of drug-likeness (QED) is 0.0222. The molecule has 0 saturated heterocycles. The Morgan fingerprint density at radius 2 is 0.539 bits per heavy atom. The molecule has 7 atom stereocenters. The van der Waals surface area contributed by atoms with E-state index in [0.29, 0.717) is 31.6 Å². The van der Waals surface area contributed by atoms with Crippen LogP contribution in [0.15, 0.2) is 0 Å². The molecule has 0 radical (unpaired) electrons. The first kappa shape index (κ1) is 87.1. The Bertz CT molecular complexity index is 1770. The predicted molar refractivity (Wildman–Crippen MR) is 358 cm³/mol. The molecule has 0 spiro atoms. The minimum absolute atomic E-state index is 0.102. The maximum atomic E-state index is 13.0. The van der Waals surface area contributed by atoms with Gasteiger partial charge in [-0.15, -0.1) is 0 Å². The number of carbonyl (C=O) groups excluding carboxylic acids is 4. The van der Waals surface area contributed by atoms with Crippen LogP contribution in [0.3, 0.4) is 0 Å². The van der Waals surface area contributed by atoms with Crippen molar-refractivity contribution in [2.24, 2.45) is 23.7 Å². The maximum Gasteiger partial charge on any atom is 0.472 e. The Morgan fingerprint density at radius 3 is 0.798 bits per heavy atom. The molecule has 3 N–H and O–H groups in total. The fraction of sp³-hybridized carbons (Fsp3) is 0.943. The number of hydrogen-bond donors (Lipinski definition) is 3. The molecule has 89 heavy (non-hydrogen) atoms. The summed E-state index contributed by atoms with van der Waals surface area (Å²) in [4.78, 5) is 72.5. The lowest BCUT2D eigenvalue weighted by atomic mass is 9.99. The number of unbranched alkanes of at least 4 members (excludes halogenated alkanes) is 31. The first-order valence-electron chi connectivity index (χ1n) is 36.3. The van der Waals surface area contributed by atoms with Gasteiger partial charge in [0.25, 0.3) is 0 Å². The van der Waals surface area contributed by atoms with E-state index < -0.39 is 97.5 Å². The van der Waals surface area contributed by atoms with Crippen molar-refractivity contribution in [2.45, 2.75) is 363 Å². The molecule has 17 nitrogen and oxygen atoms in total. The molecule has 0 aliphatic carbocycles. The summed E-state index contributed by atoms with van der Waals surface area (Å²) >= 11 is 0. The van der Waals surface area contributed by atoms with Gasteiger partial charge in [0.15, 0.2) is 12.2 Å². The highest BCUT2D eigenvalue weighted by Crippen LogP contribution is 2.45. The molecule has 0 fully saturated rings. The molecule has 0 saturated carbocycles. The van der Waals surface area contributed by atoms with Crippen LogP contribution in [0.25, 0.3) is 0 Å². The van der Waals surface area contributed by atoms with E-state index in [0.717, 1.165) is 114 Å². The Labute approximate surface area is 543 Å². The summed E-state index contributed by atoms with van der Waals surface area (Å²) < 4.78 is 68.3. The van der Waals surface area contributed by atoms with Gasteiger partial charge in [-0.1, -0.05) is 293 Å². The van der Waals surface area contributed by atoms with Crippen LogP contribution in [-0.4, -0.2) is 96.7 Å². The summed E-state index contributed by atoms with van der Waals surface area (Å²) in [6.45, 7) is 14.1. The van der Waals surface area contributed by atoms with E-state index in [1.54, 1.807) is 0 Å². The molecule has 0 aliphatic heterocycles. The van der Waals surface area contributed by atoms with Crippen LogP contribution in [-0.2, 0) is 65.4 Å². The molecule has 0 aliphatic rings. The fourth-order valence-corrected chi connectivity index (χ4v) is 12.0. The maximum absolute atomic E-state index is 13.0. The molecular weight excluding hydrogens is 1170 g/mol. The van der Waals surface area contributed by atoms with Crippen LogP contribution in [0, 0.1) is 23.7 Å². The zero-order chi connectivity index (χ0) is 66.1. The number of aliphatic hydroxyl groups is 1. The van der Waals surface area contributed by atoms with Gasteiger partial charge in [-0.2, -0.15) is 0 Å². The molecule has 0 amide bonds. The molecule has 19 heteroatoms. The minimum atomic E-state index is -4.95. The van der Waals surface area contributed by atoms with Gasteiger partial charge in [0.05, 0.1) is 26.4 Å². The average Bonchev–Trinajstić information content (AvgIpc) is 3.59. The lowest BCUT2D eigenvalue weighted by Crippen LogP contribution is -2.30. The SMILES string of the molecule is CCC(C)CCCCCCCCCCCCC(=O)OC[C@H](COP(=O)(O)OCC(O)COP(=O)(O)OC[C@@H](COC(=O)CCCCCCCCCC(C)C)OC(=O)CCCCCCCCC(C)CC)OC(=O)CCCCCCCCCCCCCCC(C)C. The van der Waals surface area contributed by atoms with Crippen molar-refractivity contribution in [3.8, 4) is 0 Å². The molecule has 0 rings (SSSR count). The lowest BCUT2D eigenvalue weighted by Gasteiger charge is -2.21. The van der Waals surface area contributed by atoms with E-state index in [-0.39, 0.29) is 25.7 Å². The number of aliphatic hydroxyl groups excluding tert-OH is 1. The third-order valence-corrected chi connectivity index (χ3v) is 18.7. The molecule has 0 aromatic rings. The number of phosphoric acid groups is 2. The summed E-state index contributed by atoms with van der Waals surface area (Å²) in [6, 6.07) is 0. The van der Waals surface area contributed by atoms with Crippen LogP contribution in [0.5, 0.6) is 0 Å². The third-order valence-electron chi connectivity index (χ3n) is 16.8. The summed E-state index contributed by atoms with van der Waals surface area (Å²) in [6.07, 6.45) is 41.7. The highest BCUT2D eigenvalue weighted by Gasteiger charge is 2.30. The Balaban J connectivity index is 5.26. The van der Waals surface area contributed by atoms with Gasteiger partial charge < -0.3 is 33.8 Å². The normalized spacial score (nSPS) is 14.9. The summed E-state index contributed by atoms with van der Waals surface area (Å²) in [7, 11) is -9.90. The van der Waals surface area contributed by atoms with E-state index in [2.05, 4.69) is 55.4 Å². The van der Waals surface area contributed by atoms with Crippen molar-refractivity contribution in [1.82, 2.24) is 0 Å². The second-order valence-corrected chi connectivity index (χ2v) is 29.6. The largest absolute Gasteiger partial charge is 0.472 e. The van der Waals surface area contributed by atoms with Crippen molar-refractivity contribution in [3.05, 3.63) is 0 Å². The highest BCUT2D eigenvalue weighted by atomic mass is 31.2. The van der Waals surface area contributed by atoms with Crippen LogP contribution >= 0.6 is 15.6 Å². The zero-order valence-corrected chi connectivity index (χ0v) is 59.8. The van der Waals surface area contributed by atoms with Crippen LogP contribution < -0.4 is 0 Å². The predicted octanol–water partition coefficient (Wildman–Crippen LogP) is 19.7. The number of phosphoric ester groups is 2. The van der Waals surface area contributed by atoms with Gasteiger partial charge in [0, 0.05) is 25.7 Å². The number of hydrogen-bond acceptors (Lipinski definition) is 15. The second-order valence-electron chi connectivity index (χ2n) is 26.7. The molecule has 0 aromatic heterocycles. The lowest BCUT2D eigenvalue weighted by molar-refractivity contribution is -0.161. The minimum Gasteiger partial charge on any atom is -0.462 e. The van der Waals surface area contributed by atoms with Crippen LogP contribution in [0.1, 0.15) is 344 Å². The molecule has 528 valence electrons. The molecule has 0 heterocycles. The van der Waals surface area contributed by atoms with Crippen molar-refractivity contribution in [1.29, 1.82) is 0 Å². The molecule has 5 unspecified atom stereocenters. The molecule has 0 bridgehead atoms. The van der Waals surface area contributed by atoms with E-state index in [1.165, 1.54) is 141 Å². The van der Waals surface area contributed by atoms with E-state index in [9.17, 15) is 43.2 Å². The second kappa shape index (κ2) is 59.8. The van der Waals surface area contributed by atoms with Crippen LogP contribution in [0.4, 0.5) is 0 Å². The summed E-state index contributed by atoms with van der Waals surface area (Å²) in [5.41, 5.74) is 0. The smallest absolute Gasteiger partial charge is 0.462 e. The Kier molecular flexibility index (Phi) is 58.5. The molecular formula is C70H136O17P2. The van der Waals surface area contributed by atoms with Gasteiger partial charge in [-0.3, -0.25) is 37.3 Å². The van der Waals surface area contributed by atoms with Gasteiger partial charge in [0.2, 0.25) is 0 Å². The summed E-state index contributed by atoms with van der Waals surface area (Å²) in [5, 5.41) is 10.6. The number of ether oxygens (including phenoxy) is 4. The van der Waals surface area contributed by atoms with Gasteiger partial charge in [0.1, 0.15) is 19.3 Å². The van der Waals surface area contributed by atoms with Crippen molar-refractivity contribution >= 4 is 39.5 Å². The van der Waals surface area contributed by atoms with Crippen molar-refractivity contribution in [3.63, 3.8) is 0 Å². The van der Waals surface area contributed by atoms with Crippen LogP contribution in [0.2, 0.25) is 0 Å². The van der Waals surface area contributed by atoms with Crippen molar-refractivity contribution in [2.75, 3.05) is 39.6 Å². The van der Waals surface area contributed by atoms with E-state index >= 15 is 0 Å². The Morgan fingerprint density at radius 1 is 0.315 bits per heavy atom. The Hall–Kier alpha value is -1.94. The highest BCUT2D eigenvalue weighted by molar-refractivity contribution is 7.47. The van der Waals surface area contributed by atoms with Gasteiger partial charge >= 0.3 is 39.5 Å². The first-order valence-corrected chi connectivity index (χ1v) is 39.3. The van der Waals surface area contributed by atoms with Gasteiger partial charge in [-0.05, 0) is 49.4 Å². The average molecular weight is 1310 g/mol. The first-order chi connectivity index (χ1) is 42.7.